The predicted octanol–water partition coefficient (Wildman–Crippen LogP) is 1.85. The molecular formula is C7H11BrClNO2. The smallest absolute Gasteiger partial charge is 0.169 e. The van der Waals surface area contributed by atoms with Gasteiger partial charge < -0.3 is 15.3 Å². The van der Waals surface area contributed by atoms with Crippen LogP contribution in [0.25, 0.3) is 0 Å². The number of aliphatic hydroxyl groups excluding tert-OH is 1. The van der Waals surface area contributed by atoms with Crippen LogP contribution in [-0.2, 0) is 0 Å². The lowest BCUT2D eigenvalue weighted by atomic mass is 10.2. The first kappa shape index (κ1) is 12.0. The highest BCUT2D eigenvalue weighted by molar-refractivity contribution is 9.10. The summed E-state index contributed by atoms with van der Waals surface area (Å²) in [6.07, 6.45) is 0.528. The maximum absolute atomic E-state index is 8.57. The first-order chi connectivity index (χ1) is 5.24. The van der Waals surface area contributed by atoms with Crippen molar-refractivity contribution in [2.75, 3.05) is 6.61 Å². The van der Waals surface area contributed by atoms with Gasteiger partial charge in [-0.25, -0.2) is 0 Å². The Bertz CT molecular complexity index is 229. The summed E-state index contributed by atoms with van der Waals surface area (Å²) < 4.78 is 5.85. The summed E-state index contributed by atoms with van der Waals surface area (Å²) in [7, 11) is 0. The molecule has 3 nitrogen and oxygen atoms in total. The van der Waals surface area contributed by atoms with Gasteiger partial charge in [0.25, 0.3) is 0 Å². The molecule has 0 spiro atoms. The van der Waals surface area contributed by atoms with Gasteiger partial charge in [0, 0.05) is 6.61 Å². The van der Waals surface area contributed by atoms with Crippen molar-refractivity contribution in [2.24, 2.45) is 5.73 Å². The highest BCUT2D eigenvalue weighted by Gasteiger charge is 2.08. The van der Waals surface area contributed by atoms with Gasteiger partial charge in [-0.2, -0.15) is 0 Å². The molecule has 1 atom stereocenters. The van der Waals surface area contributed by atoms with E-state index in [-0.39, 0.29) is 25.1 Å². The Labute approximate surface area is 85.5 Å². The predicted molar refractivity (Wildman–Crippen MR) is 52.3 cm³/mol. The summed E-state index contributed by atoms with van der Waals surface area (Å²) in [5.41, 5.74) is 5.64. The van der Waals surface area contributed by atoms with E-state index < -0.39 is 0 Å². The third-order valence-corrected chi connectivity index (χ3v) is 1.83. The van der Waals surface area contributed by atoms with Crippen molar-refractivity contribution in [1.29, 1.82) is 0 Å². The Morgan fingerprint density at radius 3 is 2.67 bits per heavy atom. The summed E-state index contributed by atoms with van der Waals surface area (Å²) >= 11 is 3.17. The lowest BCUT2D eigenvalue weighted by Crippen LogP contribution is -2.10. The van der Waals surface area contributed by atoms with Gasteiger partial charge in [0.1, 0.15) is 5.76 Å². The monoisotopic (exact) mass is 255 g/mol. The molecule has 1 aromatic heterocycles. The molecule has 0 saturated heterocycles. The second-order valence-corrected chi connectivity index (χ2v) is 3.04. The van der Waals surface area contributed by atoms with Gasteiger partial charge in [0.05, 0.1) is 6.04 Å². The molecule has 0 fully saturated rings. The van der Waals surface area contributed by atoms with Gasteiger partial charge in [-0.05, 0) is 34.5 Å². The average Bonchev–Trinajstić information content (AvgIpc) is 2.36. The van der Waals surface area contributed by atoms with Crippen LogP contribution in [0.2, 0.25) is 0 Å². The van der Waals surface area contributed by atoms with Gasteiger partial charge in [0.15, 0.2) is 4.67 Å². The van der Waals surface area contributed by atoms with E-state index >= 15 is 0 Å². The van der Waals surface area contributed by atoms with E-state index in [0.717, 1.165) is 0 Å². The number of rotatable bonds is 3. The minimum absolute atomic E-state index is 0. The van der Waals surface area contributed by atoms with E-state index in [1.54, 1.807) is 12.1 Å². The fourth-order valence-electron chi connectivity index (χ4n) is 0.809. The highest BCUT2D eigenvalue weighted by Crippen LogP contribution is 2.20. The third-order valence-electron chi connectivity index (χ3n) is 1.40. The summed E-state index contributed by atoms with van der Waals surface area (Å²) in [5.74, 6) is 0.700. The van der Waals surface area contributed by atoms with Gasteiger partial charge in [-0.3, -0.25) is 0 Å². The molecule has 0 unspecified atom stereocenters. The molecule has 0 amide bonds. The highest BCUT2D eigenvalue weighted by atomic mass is 79.9. The Hall–Kier alpha value is -0.0300. The fraction of sp³-hybridized carbons (Fsp3) is 0.429. The average molecular weight is 257 g/mol. The van der Waals surface area contributed by atoms with Gasteiger partial charge in [0.2, 0.25) is 0 Å². The molecule has 0 aliphatic carbocycles. The SMILES string of the molecule is Cl.N[C@H](CCO)c1ccc(Br)o1. The van der Waals surface area contributed by atoms with Crippen molar-refractivity contribution in [1.82, 2.24) is 0 Å². The molecule has 0 aliphatic rings. The normalized spacial score (nSPS) is 12.2. The molecule has 1 aromatic rings. The molecule has 5 heteroatoms. The molecule has 12 heavy (non-hydrogen) atoms. The number of hydrogen-bond donors (Lipinski definition) is 2. The van der Waals surface area contributed by atoms with E-state index in [1.165, 1.54) is 0 Å². The molecule has 0 bridgehead atoms. The van der Waals surface area contributed by atoms with Crippen LogP contribution in [0.1, 0.15) is 18.2 Å². The van der Waals surface area contributed by atoms with Gasteiger partial charge in [-0.15, -0.1) is 12.4 Å². The Morgan fingerprint density at radius 2 is 2.25 bits per heavy atom. The topological polar surface area (TPSA) is 59.4 Å². The van der Waals surface area contributed by atoms with E-state index in [1.807, 2.05) is 0 Å². The summed E-state index contributed by atoms with van der Waals surface area (Å²) in [4.78, 5) is 0. The van der Waals surface area contributed by atoms with Crippen LogP contribution >= 0.6 is 28.3 Å². The largest absolute Gasteiger partial charge is 0.453 e. The molecule has 1 rings (SSSR count). The third kappa shape index (κ3) is 3.15. The first-order valence-electron chi connectivity index (χ1n) is 3.35. The van der Waals surface area contributed by atoms with Crippen LogP contribution in [0.3, 0.4) is 0 Å². The van der Waals surface area contributed by atoms with Crippen molar-refractivity contribution < 1.29 is 9.52 Å². The van der Waals surface area contributed by atoms with Crippen LogP contribution in [0.15, 0.2) is 21.2 Å². The van der Waals surface area contributed by atoms with E-state index in [2.05, 4.69) is 15.9 Å². The van der Waals surface area contributed by atoms with Gasteiger partial charge >= 0.3 is 0 Å². The zero-order valence-corrected chi connectivity index (χ0v) is 8.77. The van der Waals surface area contributed by atoms with Crippen LogP contribution < -0.4 is 5.73 Å². The second kappa shape index (κ2) is 5.59. The standard InChI is InChI=1S/C7H10BrNO2.ClH/c8-7-2-1-6(11-7)5(9)3-4-10;/h1-2,5,10H,3-4,9H2;1H/t5-;/m1./s1. The minimum atomic E-state index is -0.203. The lowest BCUT2D eigenvalue weighted by Gasteiger charge is -2.04. The van der Waals surface area contributed by atoms with Gasteiger partial charge in [-0.1, -0.05) is 0 Å². The Balaban J connectivity index is 0.00000121. The number of hydrogen-bond acceptors (Lipinski definition) is 3. The molecule has 3 N–H and O–H groups in total. The molecule has 0 saturated carbocycles. The van der Waals surface area contributed by atoms with Crippen LogP contribution in [0, 0.1) is 0 Å². The number of halogens is 2. The molecular weight excluding hydrogens is 245 g/mol. The number of furan rings is 1. The zero-order chi connectivity index (χ0) is 8.27. The maximum atomic E-state index is 8.57. The van der Waals surface area contributed by atoms with Crippen molar-refractivity contribution in [3.8, 4) is 0 Å². The maximum Gasteiger partial charge on any atom is 0.169 e. The van der Waals surface area contributed by atoms with Crippen molar-refractivity contribution in [2.45, 2.75) is 12.5 Å². The van der Waals surface area contributed by atoms with E-state index in [0.29, 0.717) is 16.9 Å². The second-order valence-electron chi connectivity index (χ2n) is 2.26. The number of aliphatic hydroxyl groups is 1. The van der Waals surface area contributed by atoms with E-state index in [4.69, 9.17) is 15.3 Å². The van der Waals surface area contributed by atoms with Crippen LogP contribution in [-0.4, -0.2) is 11.7 Å². The summed E-state index contributed by atoms with van der Waals surface area (Å²) in [6.45, 7) is 0.0828. The molecule has 0 aliphatic heterocycles. The van der Waals surface area contributed by atoms with E-state index in [9.17, 15) is 0 Å². The van der Waals surface area contributed by atoms with Crippen molar-refractivity contribution in [3.05, 3.63) is 22.6 Å². The molecule has 70 valence electrons. The Kier molecular flexibility index (Phi) is 5.57. The Morgan fingerprint density at radius 1 is 1.58 bits per heavy atom. The lowest BCUT2D eigenvalue weighted by molar-refractivity contribution is 0.268. The van der Waals surface area contributed by atoms with Crippen molar-refractivity contribution >= 4 is 28.3 Å². The summed E-state index contributed by atoms with van der Waals surface area (Å²) in [5, 5.41) is 8.57. The zero-order valence-electron chi connectivity index (χ0n) is 6.37. The molecule has 0 radical (unpaired) electrons. The molecule has 0 aromatic carbocycles. The fourth-order valence-corrected chi connectivity index (χ4v) is 1.13. The van der Waals surface area contributed by atoms with Crippen molar-refractivity contribution in [3.63, 3.8) is 0 Å². The first-order valence-corrected chi connectivity index (χ1v) is 4.15. The van der Waals surface area contributed by atoms with Crippen LogP contribution in [0.4, 0.5) is 0 Å². The summed E-state index contributed by atoms with van der Waals surface area (Å²) in [6, 6.07) is 3.38. The molecule has 1 heterocycles. The number of nitrogens with two attached hydrogens (primary N) is 1. The van der Waals surface area contributed by atoms with Crippen LogP contribution in [0.5, 0.6) is 0 Å². The minimum Gasteiger partial charge on any atom is -0.453 e. The quantitative estimate of drug-likeness (QED) is 0.868.